The monoisotopic (exact) mass is 527 g/mol. The quantitative estimate of drug-likeness (QED) is 0.525. The molecule has 3 aliphatic rings. The minimum Gasteiger partial charge on any atom is -0.487 e. The smallest absolute Gasteiger partial charge is 0.306 e. The summed E-state index contributed by atoms with van der Waals surface area (Å²) in [6, 6.07) is 4.06. The molecule has 1 N–H and O–H groups in total. The molecular formula is C27H37N5O6. The van der Waals surface area contributed by atoms with Crippen molar-refractivity contribution in [3.05, 3.63) is 18.3 Å². The number of anilines is 1. The number of aromatic nitrogens is 3. The summed E-state index contributed by atoms with van der Waals surface area (Å²) in [6.45, 7) is 2.46. The van der Waals surface area contributed by atoms with Crippen molar-refractivity contribution in [1.29, 1.82) is 0 Å². The van der Waals surface area contributed by atoms with Crippen LogP contribution in [-0.2, 0) is 21.4 Å². The summed E-state index contributed by atoms with van der Waals surface area (Å²) in [5.74, 6) is 0.607. The number of hydrogen-bond acceptors (Lipinski definition) is 8. The molecule has 3 heterocycles. The number of morpholine rings is 1. The van der Waals surface area contributed by atoms with E-state index in [4.69, 9.17) is 19.2 Å². The van der Waals surface area contributed by atoms with Gasteiger partial charge in [-0.05, 0) is 57.1 Å². The molecule has 38 heavy (non-hydrogen) atoms. The molecule has 2 aromatic heterocycles. The van der Waals surface area contributed by atoms with Gasteiger partial charge in [-0.2, -0.15) is 5.10 Å². The third kappa shape index (κ3) is 5.72. The van der Waals surface area contributed by atoms with E-state index in [1.807, 2.05) is 19.2 Å². The van der Waals surface area contributed by atoms with E-state index >= 15 is 0 Å². The number of hydrogen-bond donors (Lipinski definition) is 1. The zero-order chi connectivity index (χ0) is 26.6. The lowest BCUT2D eigenvalue weighted by atomic mass is 9.87. The normalized spacial score (nSPS) is 22.0. The number of nitrogens with zero attached hydrogens (tertiary/aromatic N) is 5. The fourth-order valence-corrected chi connectivity index (χ4v) is 5.32. The van der Waals surface area contributed by atoms with Crippen LogP contribution in [0.1, 0.15) is 44.9 Å². The molecule has 206 valence electrons. The van der Waals surface area contributed by atoms with Gasteiger partial charge in [-0.3, -0.25) is 9.59 Å². The van der Waals surface area contributed by atoms with Gasteiger partial charge in [0.15, 0.2) is 18.2 Å². The highest BCUT2D eigenvalue weighted by Gasteiger charge is 2.30. The number of carbonyl (C=O) groups excluding carboxylic acids is 1. The van der Waals surface area contributed by atoms with Crippen LogP contribution in [0, 0.1) is 5.92 Å². The summed E-state index contributed by atoms with van der Waals surface area (Å²) < 4.78 is 19.5. The van der Waals surface area contributed by atoms with Crippen molar-refractivity contribution in [2.24, 2.45) is 13.0 Å². The zero-order valence-corrected chi connectivity index (χ0v) is 22.2. The topological polar surface area (TPSA) is 119 Å². The van der Waals surface area contributed by atoms with Crippen LogP contribution in [-0.4, -0.2) is 88.8 Å². The van der Waals surface area contributed by atoms with Crippen LogP contribution in [0.25, 0.3) is 11.3 Å². The maximum atomic E-state index is 12.7. The number of ether oxygens (including phenoxy) is 3. The summed E-state index contributed by atoms with van der Waals surface area (Å²) in [7, 11) is 3.61. The molecule has 1 aliphatic heterocycles. The molecule has 0 radical (unpaired) electrons. The van der Waals surface area contributed by atoms with Gasteiger partial charge in [0.2, 0.25) is 5.88 Å². The number of amides is 1. The summed E-state index contributed by atoms with van der Waals surface area (Å²) in [5.41, 5.74) is 1.35. The maximum Gasteiger partial charge on any atom is 0.306 e. The number of carboxylic acid groups (broad SMARTS) is 1. The minimum atomic E-state index is -0.762. The van der Waals surface area contributed by atoms with Crippen LogP contribution in [0.2, 0.25) is 0 Å². The average Bonchev–Trinajstić information content (AvgIpc) is 3.27. The summed E-state index contributed by atoms with van der Waals surface area (Å²) in [5, 5.41) is 13.9. The number of rotatable bonds is 9. The Balaban J connectivity index is 1.37. The Bertz CT molecular complexity index is 1140. The molecule has 3 fully saturated rings. The molecule has 0 bridgehead atoms. The second-order valence-electron chi connectivity index (χ2n) is 10.4. The van der Waals surface area contributed by atoms with Gasteiger partial charge < -0.3 is 29.1 Å². The Labute approximate surface area is 222 Å². The van der Waals surface area contributed by atoms with Gasteiger partial charge in [-0.1, -0.05) is 0 Å². The first-order valence-corrected chi connectivity index (χ1v) is 13.5. The van der Waals surface area contributed by atoms with E-state index in [0.717, 1.165) is 32.1 Å². The highest BCUT2D eigenvalue weighted by atomic mass is 16.5. The summed E-state index contributed by atoms with van der Waals surface area (Å²) in [6.07, 6.45) is 7.58. The molecule has 0 spiro atoms. The van der Waals surface area contributed by atoms with Gasteiger partial charge in [-0.25, -0.2) is 9.67 Å². The highest BCUT2D eigenvalue weighted by molar-refractivity contribution is 5.78. The van der Waals surface area contributed by atoms with Crippen molar-refractivity contribution in [1.82, 2.24) is 19.7 Å². The first-order chi connectivity index (χ1) is 18.4. The predicted molar refractivity (Wildman–Crippen MR) is 139 cm³/mol. The van der Waals surface area contributed by atoms with E-state index < -0.39 is 5.97 Å². The van der Waals surface area contributed by atoms with E-state index in [9.17, 15) is 14.7 Å². The van der Waals surface area contributed by atoms with Crippen molar-refractivity contribution in [2.75, 3.05) is 44.9 Å². The molecule has 2 aromatic rings. The zero-order valence-electron chi connectivity index (χ0n) is 22.2. The van der Waals surface area contributed by atoms with Gasteiger partial charge in [0.25, 0.3) is 5.91 Å². The van der Waals surface area contributed by atoms with Gasteiger partial charge in [0, 0.05) is 33.2 Å². The summed E-state index contributed by atoms with van der Waals surface area (Å²) >= 11 is 0. The molecule has 2 saturated carbocycles. The second kappa shape index (κ2) is 11.6. The lowest BCUT2D eigenvalue weighted by Crippen LogP contribution is -2.43. The van der Waals surface area contributed by atoms with E-state index in [2.05, 4.69) is 10.00 Å². The fraction of sp³-hybridized carbons (Fsp3) is 0.630. The van der Waals surface area contributed by atoms with E-state index in [1.165, 1.54) is 0 Å². The number of aliphatic carboxylic acids is 1. The lowest BCUT2D eigenvalue weighted by Gasteiger charge is -2.34. The standard InChI is InChI=1S/C27H37N5O6/c1-30(19-6-4-7-19)24(33)17-37-26-21(16-28-31(26)2)22-9-10-23(25(29-22)32-11-13-36-14-12-32)38-20-8-3-5-18(15-20)27(34)35/h9-10,16,18-20H,3-8,11-15,17H2,1-2H3,(H,34,35)/t18-,20-/m0/s1. The van der Waals surface area contributed by atoms with Crippen LogP contribution in [0.5, 0.6) is 11.6 Å². The van der Waals surface area contributed by atoms with Crippen LogP contribution in [0.4, 0.5) is 5.82 Å². The third-order valence-electron chi connectivity index (χ3n) is 7.93. The summed E-state index contributed by atoms with van der Waals surface area (Å²) in [4.78, 5) is 33.1. The van der Waals surface area contributed by atoms with Gasteiger partial charge in [0.1, 0.15) is 0 Å². The van der Waals surface area contributed by atoms with Crippen LogP contribution < -0.4 is 14.4 Å². The van der Waals surface area contributed by atoms with Crippen LogP contribution in [0.3, 0.4) is 0 Å². The SMILES string of the molecule is CN(C(=O)COc1c(-c2ccc(O[C@H]3CCC[C@H](C(=O)O)C3)c(N3CCOCC3)n2)cnn1C)C1CCC1. The molecule has 1 saturated heterocycles. The predicted octanol–water partition coefficient (Wildman–Crippen LogP) is 2.73. The molecule has 0 unspecified atom stereocenters. The number of carbonyl (C=O) groups is 2. The molecule has 0 aromatic carbocycles. The Morgan fingerprint density at radius 3 is 2.63 bits per heavy atom. The van der Waals surface area contributed by atoms with Crippen molar-refractivity contribution in [3.8, 4) is 22.9 Å². The van der Waals surface area contributed by atoms with Crippen molar-refractivity contribution in [3.63, 3.8) is 0 Å². The Morgan fingerprint density at radius 1 is 1.16 bits per heavy atom. The first kappa shape index (κ1) is 26.3. The number of aryl methyl sites for hydroxylation is 1. The molecule has 2 aliphatic carbocycles. The molecule has 11 nitrogen and oxygen atoms in total. The highest BCUT2D eigenvalue weighted by Crippen LogP contribution is 2.37. The van der Waals surface area contributed by atoms with Gasteiger partial charge in [-0.15, -0.1) is 0 Å². The fourth-order valence-electron chi connectivity index (χ4n) is 5.32. The Hall–Kier alpha value is -3.34. The molecule has 2 atom stereocenters. The Kier molecular flexibility index (Phi) is 8.01. The molecular weight excluding hydrogens is 490 g/mol. The van der Waals surface area contributed by atoms with E-state index in [-0.39, 0.29) is 24.5 Å². The number of likely N-dealkylation sites (N-methyl/N-ethyl adjacent to an activating group) is 1. The second-order valence-corrected chi connectivity index (χ2v) is 10.4. The minimum absolute atomic E-state index is 0.0558. The lowest BCUT2D eigenvalue weighted by molar-refractivity contribution is -0.143. The molecule has 5 rings (SSSR count). The first-order valence-electron chi connectivity index (χ1n) is 13.5. The van der Waals surface area contributed by atoms with E-state index in [0.29, 0.717) is 73.9 Å². The Morgan fingerprint density at radius 2 is 1.92 bits per heavy atom. The van der Waals surface area contributed by atoms with E-state index in [1.54, 1.807) is 22.8 Å². The third-order valence-corrected chi connectivity index (χ3v) is 7.93. The molecule has 1 amide bonds. The van der Waals surface area contributed by atoms with Crippen molar-refractivity contribution in [2.45, 2.75) is 57.1 Å². The maximum absolute atomic E-state index is 12.7. The number of carboxylic acids is 1. The average molecular weight is 528 g/mol. The van der Waals surface area contributed by atoms with Crippen molar-refractivity contribution < 1.29 is 28.9 Å². The van der Waals surface area contributed by atoms with Crippen molar-refractivity contribution >= 4 is 17.7 Å². The largest absolute Gasteiger partial charge is 0.487 e. The van der Waals surface area contributed by atoms with Crippen LogP contribution in [0.15, 0.2) is 18.3 Å². The molecule has 11 heteroatoms. The van der Waals surface area contributed by atoms with Crippen LogP contribution >= 0.6 is 0 Å². The van der Waals surface area contributed by atoms with Gasteiger partial charge in [0.05, 0.1) is 42.7 Å². The van der Waals surface area contributed by atoms with Gasteiger partial charge >= 0.3 is 5.97 Å². The number of pyridine rings is 1.